The predicted octanol–water partition coefficient (Wildman–Crippen LogP) is 3.05. The van der Waals surface area contributed by atoms with Gasteiger partial charge in [-0.1, -0.05) is 12.1 Å². The van der Waals surface area contributed by atoms with Crippen LogP contribution in [0.15, 0.2) is 24.8 Å². The van der Waals surface area contributed by atoms with Crippen LogP contribution in [0.1, 0.15) is 43.7 Å². The van der Waals surface area contributed by atoms with Gasteiger partial charge in [0.2, 0.25) is 0 Å². The van der Waals surface area contributed by atoms with Crippen molar-refractivity contribution < 1.29 is 33.2 Å². The van der Waals surface area contributed by atoms with Gasteiger partial charge in [0.15, 0.2) is 17.1 Å². The van der Waals surface area contributed by atoms with E-state index in [2.05, 4.69) is 11.5 Å². The van der Waals surface area contributed by atoms with Crippen molar-refractivity contribution in [1.82, 2.24) is 4.90 Å². The quantitative estimate of drug-likeness (QED) is 0.617. The number of ether oxygens (including phenoxy) is 1. The normalized spacial score (nSPS) is 43.4. The van der Waals surface area contributed by atoms with Crippen LogP contribution in [0.3, 0.4) is 0 Å². The molecule has 2 spiro atoms. The number of nitrogens with zero attached hydrogens (tertiary/aromatic N) is 1. The van der Waals surface area contributed by atoms with Gasteiger partial charge in [0.25, 0.3) is 0 Å². The molecule has 2 heterocycles. The van der Waals surface area contributed by atoms with Crippen LogP contribution in [0.2, 0.25) is 0 Å². The molecular formula is C24H28F3NO4. The Hall–Kier alpha value is -1.77. The molecule has 7 rings (SSSR count). The van der Waals surface area contributed by atoms with Gasteiger partial charge in [0.1, 0.15) is 11.7 Å². The Labute approximate surface area is 184 Å². The zero-order valence-corrected chi connectivity index (χ0v) is 18.0. The third-order valence-corrected chi connectivity index (χ3v) is 9.74. The molecule has 4 fully saturated rings. The number of aromatic hydroxyl groups is 1. The second kappa shape index (κ2) is 5.83. The molecule has 174 valence electrons. The number of hydrogen-bond acceptors (Lipinski definition) is 5. The maximum Gasteiger partial charge on any atom is 0.417 e. The van der Waals surface area contributed by atoms with Crippen LogP contribution in [-0.4, -0.2) is 62.8 Å². The molecule has 6 aliphatic rings. The van der Waals surface area contributed by atoms with Crippen molar-refractivity contribution in [1.29, 1.82) is 0 Å². The third kappa shape index (κ3) is 2.00. The number of phenols is 1. The molecule has 0 aromatic heterocycles. The first-order chi connectivity index (χ1) is 14.9. The summed E-state index contributed by atoms with van der Waals surface area (Å²) >= 11 is 0. The second-order valence-corrected chi connectivity index (χ2v) is 10.7. The van der Waals surface area contributed by atoms with Crippen molar-refractivity contribution in [3.63, 3.8) is 0 Å². The summed E-state index contributed by atoms with van der Waals surface area (Å²) in [6, 6.07) is 3.40. The van der Waals surface area contributed by atoms with Crippen molar-refractivity contribution >= 4 is 0 Å². The lowest BCUT2D eigenvalue weighted by Crippen LogP contribution is -2.83. The highest BCUT2D eigenvalue weighted by Crippen LogP contribution is 2.77. The van der Waals surface area contributed by atoms with Crippen LogP contribution >= 0.6 is 0 Å². The van der Waals surface area contributed by atoms with Gasteiger partial charge >= 0.3 is 6.18 Å². The first kappa shape index (κ1) is 20.8. The summed E-state index contributed by atoms with van der Waals surface area (Å²) in [5, 5.41) is 33.3. The monoisotopic (exact) mass is 451 g/mol. The zero-order chi connectivity index (χ0) is 22.9. The van der Waals surface area contributed by atoms with Gasteiger partial charge in [0, 0.05) is 34.9 Å². The Balaban J connectivity index is 1.62. The lowest BCUT2D eigenvalue weighted by atomic mass is 9.34. The average molecular weight is 451 g/mol. The molecule has 0 unspecified atom stereocenters. The summed E-state index contributed by atoms with van der Waals surface area (Å²) in [4.78, 5) is 2.29. The van der Waals surface area contributed by atoms with Gasteiger partial charge in [-0.25, -0.2) is 0 Å². The topological polar surface area (TPSA) is 73.2 Å². The van der Waals surface area contributed by atoms with E-state index in [-0.39, 0.29) is 24.6 Å². The van der Waals surface area contributed by atoms with E-state index in [1.807, 2.05) is 12.1 Å². The molecular weight excluding hydrogens is 423 g/mol. The lowest BCUT2D eigenvalue weighted by Gasteiger charge is -2.74. The van der Waals surface area contributed by atoms with Crippen molar-refractivity contribution in [2.75, 3.05) is 13.1 Å². The number of rotatable bonds is 3. The number of alkyl halides is 3. The largest absolute Gasteiger partial charge is 0.504 e. The minimum absolute atomic E-state index is 0.0447. The molecule has 1 saturated heterocycles. The first-order valence-electron chi connectivity index (χ1n) is 11.3. The molecule has 1 aromatic carbocycles. The van der Waals surface area contributed by atoms with Crippen LogP contribution in [0.25, 0.3) is 0 Å². The highest BCUT2D eigenvalue weighted by molar-refractivity contribution is 5.63. The van der Waals surface area contributed by atoms with Gasteiger partial charge in [0.05, 0.1) is 0 Å². The Kier molecular flexibility index (Phi) is 3.79. The smallest absolute Gasteiger partial charge is 0.417 e. The minimum Gasteiger partial charge on any atom is -0.504 e. The summed E-state index contributed by atoms with van der Waals surface area (Å²) in [5.41, 5.74) is -4.29. The molecule has 0 radical (unpaired) electrons. The van der Waals surface area contributed by atoms with Gasteiger partial charge in [-0.05, 0) is 57.2 Å². The fraction of sp³-hybridized carbons (Fsp3) is 0.667. The van der Waals surface area contributed by atoms with E-state index >= 15 is 0 Å². The van der Waals surface area contributed by atoms with E-state index < -0.39 is 40.2 Å². The van der Waals surface area contributed by atoms with Gasteiger partial charge in [-0.2, -0.15) is 13.2 Å². The van der Waals surface area contributed by atoms with E-state index in [9.17, 15) is 28.5 Å². The number of piperidine rings is 1. The van der Waals surface area contributed by atoms with Crippen LogP contribution in [0.5, 0.6) is 11.5 Å². The third-order valence-electron chi connectivity index (χ3n) is 9.74. The maximum atomic E-state index is 14.0. The molecule has 4 bridgehead atoms. The minimum atomic E-state index is -4.89. The number of hydrogen-bond donors (Lipinski definition) is 3. The van der Waals surface area contributed by atoms with Crippen molar-refractivity contribution in [3.05, 3.63) is 35.9 Å². The molecule has 2 aliphatic heterocycles. The molecule has 3 saturated carbocycles. The lowest BCUT2D eigenvalue weighted by molar-refractivity contribution is -0.344. The highest BCUT2D eigenvalue weighted by Gasteiger charge is 2.82. The summed E-state index contributed by atoms with van der Waals surface area (Å²) in [6.07, 6.45) is -2.02. The number of likely N-dealkylation sites (tertiary alicyclic amines) is 1. The Bertz CT molecular complexity index is 1030. The molecule has 5 nitrogen and oxygen atoms in total. The van der Waals surface area contributed by atoms with Crippen molar-refractivity contribution in [2.45, 2.75) is 74.0 Å². The Morgan fingerprint density at radius 1 is 1.28 bits per heavy atom. The second-order valence-electron chi connectivity index (χ2n) is 10.7. The first-order valence-corrected chi connectivity index (χ1v) is 11.3. The van der Waals surface area contributed by atoms with Crippen LogP contribution in [-0.2, 0) is 11.8 Å². The van der Waals surface area contributed by atoms with E-state index in [4.69, 9.17) is 4.74 Å². The zero-order valence-electron chi connectivity index (χ0n) is 18.0. The Morgan fingerprint density at radius 3 is 2.72 bits per heavy atom. The Morgan fingerprint density at radius 2 is 2.03 bits per heavy atom. The average Bonchev–Trinajstić information content (AvgIpc) is 3.08. The van der Waals surface area contributed by atoms with E-state index in [1.54, 1.807) is 6.07 Å². The van der Waals surface area contributed by atoms with Crippen LogP contribution < -0.4 is 4.74 Å². The number of aliphatic hydroxyl groups is 2. The van der Waals surface area contributed by atoms with Gasteiger partial charge in [-0.3, -0.25) is 4.90 Å². The molecule has 7 atom stereocenters. The number of benzene rings is 1. The maximum absolute atomic E-state index is 14.0. The number of phenolic OH excluding ortho intramolecular Hbond substituents is 1. The summed E-state index contributed by atoms with van der Waals surface area (Å²) < 4.78 is 48.4. The fourth-order valence-electron chi connectivity index (χ4n) is 8.47. The molecule has 4 aliphatic carbocycles. The molecule has 0 amide bonds. The van der Waals surface area contributed by atoms with Gasteiger partial charge in [-0.15, -0.1) is 6.58 Å². The molecule has 32 heavy (non-hydrogen) atoms. The molecule has 1 aromatic rings. The van der Waals surface area contributed by atoms with Crippen molar-refractivity contribution in [2.24, 2.45) is 11.3 Å². The summed E-state index contributed by atoms with van der Waals surface area (Å²) in [6.45, 7) is 5.99. The molecule has 8 heteroatoms. The fourth-order valence-corrected chi connectivity index (χ4v) is 8.47. The van der Waals surface area contributed by atoms with Crippen LogP contribution in [0, 0.1) is 11.3 Å². The van der Waals surface area contributed by atoms with E-state index in [1.165, 1.54) is 0 Å². The summed E-state index contributed by atoms with van der Waals surface area (Å²) in [5.74, 6) is -1.16. The van der Waals surface area contributed by atoms with E-state index in [0.29, 0.717) is 38.1 Å². The highest BCUT2D eigenvalue weighted by atomic mass is 19.4. The molecule has 3 N–H and O–H groups in total. The number of halogens is 3. The van der Waals surface area contributed by atoms with E-state index in [0.717, 1.165) is 18.1 Å². The number of fused-ring (bicyclic) bond motifs is 2. The van der Waals surface area contributed by atoms with Crippen LogP contribution in [0.4, 0.5) is 13.2 Å². The predicted molar refractivity (Wildman–Crippen MR) is 109 cm³/mol. The van der Waals surface area contributed by atoms with Gasteiger partial charge < -0.3 is 20.1 Å². The SMILES string of the molecule is C=CCN1CC[C@]23c4c5ccc(O)c4O[C@H]2[C@@]2(O)CC[C@@]3(C[C@@H]2[C@@](C)(O)C(F)(F)F)[C@H]1C5. The summed E-state index contributed by atoms with van der Waals surface area (Å²) in [7, 11) is 0. The van der Waals surface area contributed by atoms with Crippen molar-refractivity contribution in [3.8, 4) is 11.5 Å². The standard InChI is InChI=1S/C24H28F3NO4/c1-3-9-28-10-8-22-17-13-4-5-14(29)18(17)32-19(22)23(31)7-6-21(22,16(28)11-13)12-15(23)20(2,30)24(25,26)27/h3-5,15-16,19,29-31H,1,6-12H2,2H3/t15-,16-,19-,20-,21-,22+,23-/m1/s1.